The van der Waals surface area contributed by atoms with Crippen LogP contribution in [0.3, 0.4) is 0 Å². The highest BCUT2D eigenvalue weighted by Gasteiger charge is 2.42. The Balaban J connectivity index is 0.000000806. The SMILES string of the molecule is O=C(NC1CCC1)[C@H]1CC[C@H]2OCCN(C(=O)NCc3ccccc3)[C@@H]2C1.O=CO. The molecule has 3 amide bonds. The van der Waals surface area contributed by atoms with Crippen molar-refractivity contribution in [3.05, 3.63) is 35.9 Å². The van der Waals surface area contributed by atoms with E-state index in [0.717, 1.165) is 31.2 Å². The van der Waals surface area contributed by atoms with Gasteiger partial charge >= 0.3 is 6.03 Å². The molecular weight excluding hydrogens is 386 g/mol. The van der Waals surface area contributed by atoms with Gasteiger partial charge in [-0.25, -0.2) is 4.79 Å². The number of carbonyl (C=O) groups excluding carboxylic acids is 2. The molecule has 2 saturated carbocycles. The molecule has 4 rings (SSSR count). The highest BCUT2D eigenvalue weighted by atomic mass is 16.5. The summed E-state index contributed by atoms with van der Waals surface area (Å²) in [5, 5.41) is 13.1. The van der Waals surface area contributed by atoms with Crippen molar-refractivity contribution in [1.82, 2.24) is 15.5 Å². The van der Waals surface area contributed by atoms with E-state index in [2.05, 4.69) is 10.6 Å². The first-order chi connectivity index (χ1) is 14.6. The summed E-state index contributed by atoms with van der Waals surface area (Å²) in [6.45, 7) is 1.41. The molecule has 0 spiro atoms. The third kappa shape index (κ3) is 5.72. The van der Waals surface area contributed by atoms with Crippen LogP contribution in [0.15, 0.2) is 30.3 Å². The molecule has 164 valence electrons. The number of hydrogen-bond donors (Lipinski definition) is 3. The summed E-state index contributed by atoms with van der Waals surface area (Å²) in [4.78, 5) is 35.6. The minimum atomic E-state index is -0.250. The Morgan fingerprint density at radius 2 is 1.90 bits per heavy atom. The minimum absolute atomic E-state index is 0.0135. The average Bonchev–Trinajstić information content (AvgIpc) is 2.75. The van der Waals surface area contributed by atoms with Crippen LogP contribution in [-0.4, -0.2) is 59.8 Å². The van der Waals surface area contributed by atoms with Gasteiger partial charge in [-0.3, -0.25) is 9.59 Å². The Morgan fingerprint density at radius 3 is 2.57 bits per heavy atom. The number of urea groups is 1. The molecular formula is C22H31N3O5. The molecule has 1 aliphatic heterocycles. The van der Waals surface area contributed by atoms with Gasteiger partial charge in [0.25, 0.3) is 6.47 Å². The van der Waals surface area contributed by atoms with E-state index < -0.39 is 0 Å². The fourth-order valence-corrected chi connectivity index (χ4v) is 4.35. The summed E-state index contributed by atoms with van der Waals surface area (Å²) < 4.78 is 5.91. The van der Waals surface area contributed by atoms with Crippen LogP contribution in [0, 0.1) is 5.92 Å². The topological polar surface area (TPSA) is 108 Å². The van der Waals surface area contributed by atoms with Gasteiger partial charge in [0.05, 0.1) is 18.8 Å². The van der Waals surface area contributed by atoms with Crippen molar-refractivity contribution in [1.29, 1.82) is 0 Å². The van der Waals surface area contributed by atoms with Crippen molar-refractivity contribution in [2.75, 3.05) is 13.2 Å². The monoisotopic (exact) mass is 417 g/mol. The number of carboxylic acid groups (broad SMARTS) is 1. The highest BCUT2D eigenvalue weighted by Crippen LogP contribution is 2.33. The standard InChI is InChI=1S/C21H29N3O3.CH2O2/c25-20(23-17-7-4-8-17)16-9-10-19-18(13-16)24(11-12-27-19)21(26)22-14-15-5-2-1-3-6-15;2-1-3/h1-3,5-6,16-19H,4,7-14H2,(H,22,26)(H,23,25);1H,(H,2,3)/t16-,18+,19+;/m0./s1. The van der Waals surface area contributed by atoms with Gasteiger partial charge in [0.2, 0.25) is 5.91 Å². The Hall–Kier alpha value is -2.61. The largest absolute Gasteiger partial charge is 0.483 e. The smallest absolute Gasteiger partial charge is 0.318 e. The first kappa shape index (κ1) is 22.1. The highest BCUT2D eigenvalue weighted by molar-refractivity contribution is 5.79. The summed E-state index contributed by atoms with van der Waals surface area (Å²) in [5.74, 6) is 0.145. The van der Waals surface area contributed by atoms with Gasteiger partial charge in [-0.15, -0.1) is 0 Å². The normalized spacial score (nSPS) is 25.6. The first-order valence-corrected chi connectivity index (χ1v) is 10.7. The van der Waals surface area contributed by atoms with Crippen molar-refractivity contribution >= 4 is 18.4 Å². The molecule has 3 aliphatic rings. The number of hydrogen-bond acceptors (Lipinski definition) is 4. The van der Waals surface area contributed by atoms with E-state index in [1.165, 1.54) is 6.42 Å². The van der Waals surface area contributed by atoms with Gasteiger partial charge < -0.3 is 25.4 Å². The first-order valence-electron chi connectivity index (χ1n) is 10.7. The van der Waals surface area contributed by atoms with Crippen LogP contribution in [0.5, 0.6) is 0 Å². The van der Waals surface area contributed by atoms with Gasteiger partial charge in [-0.05, 0) is 44.1 Å². The molecule has 0 bridgehead atoms. The number of nitrogens with one attached hydrogen (secondary N) is 2. The zero-order chi connectivity index (χ0) is 21.3. The number of fused-ring (bicyclic) bond motifs is 1. The fraction of sp³-hybridized carbons (Fsp3) is 0.591. The second-order valence-electron chi connectivity index (χ2n) is 8.07. The van der Waals surface area contributed by atoms with E-state index in [4.69, 9.17) is 14.6 Å². The van der Waals surface area contributed by atoms with E-state index in [0.29, 0.717) is 32.2 Å². The number of benzene rings is 1. The third-order valence-electron chi connectivity index (χ3n) is 6.19. The maximum atomic E-state index is 12.8. The lowest BCUT2D eigenvalue weighted by molar-refractivity contribution is -0.132. The van der Waals surface area contributed by atoms with Crippen molar-refractivity contribution in [3.8, 4) is 0 Å². The van der Waals surface area contributed by atoms with Gasteiger partial charge in [0.15, 0.2) is 0 Å². The van der Waals surface area contributed by atoms with Crippen LogP contribution < -0.4 is 10.6 Å². The Bertz CT molecular complexity index is 710. The van der Waals surface area contributed by atoms with E-state index in [9.17, 15) is 9.59 Å². The third-order valence-corrected chi connectivity index (χ3v) is 6.19. The molecule has 1 heterocycles. The Labute approximate surface area is 177 Å². The summed E-state index contributed by atoms with van der Waals surface area (Å²) in [6.07, 6.45) is 5.85. The summed E-state index contributed by atoms with van der Waals surface area (Å²) in [6, 6.07) is 10.2. The summed E-state index contributed by atoms with van der Waals surface area (Å²) in [7, 11) is 0. The average molecular weight is 418 g/mol. The molecule has 3 atom stereocenters. The van der Waals surface area contributed by atoms with E-state index in [1.54, 1.807) is 0 Å². The molecule has 0 radical (unpaired) electrons. The molecule has 3 fully saturated rings. The molecule has 30 heavy (non-hydrogen) atoms. The van der Waals surface area contributed by atoms with Crippen LogP contribution in [0.2, 0.25) is 0 Å². The van der Waals surface area contributed by atoms with Gasteiger partial charge in [-0.2, -0.15) is 0 Å². The molecule has 1 aromatic rings. The van der Waals surface area contributed by atoms with Gasteiger partial charge in [0, 0.05) is 25.0 Å². The number of carbonyl (C=O) groups is 3. The second-order valence-corrected chi connectivity index (χ2v) is 8.07. The predicted molar refractivity (Wildman–Crippen MR) is 111 cm³/mol. The number of amides is 3. The lowest BCUT2D eigenvalue weighted by atomic mass is 9.81. The maximum absolute atomic E-state index is 12.8. The van der Waals surface area contributed by atoms with Crippen LogP contribution in [0.4, 0.5) is 4.79 Å². The molecule has 3 N–H and O–H groups in total. The second kappa shape index (κ2) is 11.0. The number of rotatable bonds is 4. The Morgan fingerprint density at radius 1 is 1.17 bits per heavy atom. The zero-order valence-electron chi connectivity index (χ0n) is 17.2. The minimum Gasteiger partial charge on any atom is -0.483 e. The fourth-order valence-electron chi connectivity index (χ4n) is 4.35. The van der Waals surface area contributed by atoms with Crippen molar-refractivity contribution < 1.29 is 24.2 Å². The molecule has 0 unspecified atom stereocenters. The number of morpholine rings is 1. The quantitative estimate of drug-likeness (QED) is 0.651. The number of ether oxygens (including phenoxy) is 1. The molecule has 2 aliphatic carbocycles. The van der Waals surface area contributed by atoms with Crippen LogP contribution >= 0.6 is 0 Å². The molecule has 8 heteroatoms. The van der Waals surface area contributed by atoms with Gasteiger partial charge in [-0.1, -0.05) is 30.3 Å². The van der Waals surface area contributed by atoms with Gasteiger partial charge in [0.1, 0.15) is 0 Å². The van der Waals surface area contributed by atoms with Crippen molar-refractivity contribution in [3.63, 3.8) is 0 Å². The predicted octanol–water partition coefficient (Wildman–Crippen LogP) is 2.14. The molecule has 8 nitrogen and oxygen atoms in total. The van der Waals surface area contributed by atoms with Crippen LogP contribution in [-0.2, 0) is 20.9 Å². The van der Waals surface area contributed by atoms with Crippen LogP contribution in [0.25, 0.3) is 0 Å². The van der Waals surface area contributed by atoms with Crippen molar-refractivity contribution in [2.45, 2.75) is 63.3 Å². The van der Waals surface area contributed by atoms with Crippen molar-refractivity contribution in [2.24, 2.45) is 5.92 Å². The molecule has 0 aromatic heterocycles. The molecule has 1 aromatic carbocycles. The van der Waals surface area contributed by atoms with E-state index in [-0.39, 0.29) is 36.5 Å². The maximum Gasteiger partial charge on any atom is 0.318 e. The summed E-state index contributed by atoms with van der Waals surface area (Å²) in [5.41, 5.74) is 1.08. The number of nitrogens with zero attached hydrogens (tertiary/aromatic N) is 1. The lowest BCUT2D eigenvalue weighted by Crippen LogP contribution is -2.59. The zero-order valence-corrected chi connectivity index (χ0v) is 17.2. The molecule has 1 saturated heterocycles. The lowest BCUT2D eigenvalue weighted by Gasteiger charge is -2.45. The Kier molecular flexibility index (Phi) is 8.07. The summed E-state index contributed by atoms with van der Waals surface area (Å²) >= 11 is 0. The van der Waals surface area contributed by atoms with Crippen LogP contribution in [0.1, 0.15) is 44.1 Å². The van der Waals surface area contributed by atoms with E-state index in [1.807, 2.05) is 35.2 Å². The van der Waals surface area contributed by atoms with E-state index >= 15 is 0 Å².